The van der Waals surface area contributed by atoms with Crippen molar-refractivity contribution in [1.29, 1.82) is 0 Å². The maximum Gasteiger partial charge on any atom is 0.356 e. The number of hydrogen-bond acceptors (Lipinski definition) is 4. The Morgan fingerprint density at radius 3 is 2.68 bits per heavy atom. The SMILES string of the molecule is O=C(O)c1cc2n(n1)CCN(Cc1ccc(-c3ccccn3)cc1)C2. The molecular weight excluding hydrogens is 316 g/mol. The van der Waals surface area contributed by atoms with Crippen LogP contribution in [0.5, 0.6) is 0 Å². The lowest BCUT2D eigenvalue weighted by Gasteiger charge is -2.27. The highest BCUT2D eigenvalue weighted by Gasteiger charge is 2.20. The van der Waals surface area contributed by atoms with Gasteiger partial charge in [-0.3, -0.25) is 14.6 Å². The van der Waals surface area contributed by atoms with Gasteiger partial charge in [0.05, 0.1) is 17.9 Å². The number of carbonyl (C=O) groups is 1. The van der Waals surface area contributed by atoms with Gasteiger partial charge in [-0.25, -0.2) is 4.79 Å². The molecule has 0 saturated heterocycles. The van der Waals surface area contributed by atoms with E-state index < -0.39 is 5.97 Å². The fraction of sp³-hybridized carbons (Fsp3) is 0.211. The number of rotatable bonds is 4. The van der Waals surface area contributed by atoms with Gasteiger partial charge >= 0.3 is 5.97 Å². The number of pyridine rings is 1. The van der Waals surface area contributed by atoms with Crippen LogP contribution >= 0.6 is 0 Å². The summed E-state index contributed by atoms with van der Waals surface area (Å²) in [7, 11) is 0. The summed E-state index contributed by atoms with van der Waals surface area (Å²) < 4.78 is 1.80. The predicted molar refractivity (Wildman–Crippen MR) is 93.0 cm³/mol. The molecule has 1 aromatic carbocycles. The van der Waals surface area contributed by atoms with Crippen LogP contribution in [0.1, 0.15) is 21.7 Å². The number of carboxylic acids is 1. The zero-order chi connectivity index (χ0) is 17.2. The summed E-state index contributed by atoms with van der Waals surface area (Å²) in [6.45, 7) is 3.11. The minimum Gasteiger partial charge on any atom is -0.476 e. The largest absolute Gasteiger partial charge is 0.476 e. The molecule has 6 heteroatoms. The molecular formula is C19H18N4O2. The first-order valence-corrected chi connectivity index (χ1v) is 8.22. The Morgan fingerprint density at radius 1 is 1.12 bits per heavy atom. The predicted octanol–water partition coefficient (Wildman–Crippen LogP) is 2.66. The quantitative estimate of drug-likeness (QED) is 0.794. The van der Waals surface area contributed by atoms with Gasteiger partial charge in [0.15, 0.2) is 5.69 Å². The smallest absolute Gasteiger partial charge is 0.356 e. The standard InChI is InChI=1S/C19H18N4O2/c24-19(25)18-11-16-13-22(9-10-23(16)21-18)12-14-4-6-15(7-5-14)17-3-1-2-8-20-17/h1-8,11H,9-10,12-13H2,(H,24,25). The molecule has 3 aromatic rings. The van der Waals surface area contributed by atoms with E-state index in [9.17, 15) is 4.79 Å². The molecule has 6 nitrogen and oxygen atoms in total. The zero-order valence-corrected chi connectivity index (χ0v) is 13.7. The van der Waals surface area contributed by atoms with Crippen LogP contribution in [0.25, 0.3) is 11.3 Å². The van der Waals surface area contributed by atoms with Crippen LogP contribution in [0.15, 0.2) is 54.7 Å². The molecule has 0 aliphatic carbocycles. The molecule has 0 radical (unpaired) electrons. The maximum atomic E-state index is 11.0. The maximum absolute atomic E-state index is 11.0. The molecule has 0 spiro atoms. The number of benzene rings is 1. The van der Waals surface area contributed by atoms with Crippen molar-refractivity contribution in [3.63, 3.8) is 0 Å². The highest BCUT2D eigenvalue weighted by molar-refractivity contribution is 5.85. The number of aromatic nitrogens is 3. The van der Waals surface area contributed by atoms with E-state index in [4.69, 9.17) is 5.11 Å². The molecule has 4 rings (SSSR count). The van der Waals surface area contributed by atoms with Gasteiger partial charge in [-0.15, -0.1) is 0 Å². The van der Waals surface area contributed by atoms with E-state index in [1.54, 1.807) is 16.9 Å². The molecule has 1 aliphatic rings. The van der Waals surface area contributed by atoms with Crippen molar-refractivity contribution >= 4 is 5.97 Å². The van der Waals surface area contributed by atoms with Gasteiger partial charge < -0.3 is 5.11 Å². The third-order valence-electron chi connectivity index (χ3n) is 4.42. The normalized spacial score (nSPS) is 14.2. The van der Waals surface area contributed by atoms with Crippen molar-refractivity contribution in [2.75, 3.05) is 6.54 Å². The zero-order valence-electron chi connectivity index (χ0n) is 13.7. The van der Waals surface area contributed by atoms with E-state index in [1.807, 2.05) is 18.2 Å². The van der Waals surface area contributed by atoms with Crippen LogP contribution in [-0.2, 0) is 19.6 Å². The Balaban J connectivity index is 1.45. The molecule has 3 heterocycles. The molecule has 25 heavy (non-hydrogen) atoms. The Bertz CT molecular complexity index is 888. The summed E-state index contributed by atoms with van der Waals surface area (Å²) in [6, 6.07) is 16.0. The summed E-state index contributed by atoms with van der Waals surface area (Å²) in [5, 5.41) is 13.2. The van der Waals surface area contributed by atoms with E-state index in [2.05, 4.69) is 39.2 Å². The summed E-state index contributed by atoms with van der Waals surface area (Å²) in [6.07, 6.45) is 1.80. The molecule has 1 N–H and O–H groups in total. The van der Waals surface area contributed by atoms with Gasteiger partial charge in [-0.05, 0) is 23.8 Å². The molecule has 0 saturated carbocycles. The minimum absolute atomic E-state index is 0.122. The van der Waals surface area contributed by atoms with E-state index in [0.29, 0.717) is 13.1 Å². The Kier molecular flexibility index (Phi) is 4.03. The highest BCUT2D eigenvalue weighted by Crippen LogP contribution is 2.20. The summed E-state index contributed by atoms with van der Waals surface area (Å²) in [5.41, 5.74) is 4.38. The van der Waals surface area contributed by atoms with Gasteiger partial charge in [-0.2, -0.15) is 5.10 Å². The van der Waals surface area contributed by atoms with Crippen LogP contribution in [-0.4, -0.2) is 37.3 Å². The van der Waals surface area contributed by atoms with Crippen molar-refractivity contribution in [2.24, 2.45) is 0 Å². The number of aromatic carboxylic acids is 1. The second kappa shape index (κ2) is 6.49. The van der Waals surface area contributed by atoms with Gasteiger partial charge in [0.25, 0.3) is 0 Å². The molecule has 126 valence electrons. The molecule has 2 aromatic heterocycles. The Morgan fingerprint density at radius 2 is 1.96 bits per heavy atom. The summed E-state index contributed by atoms with van der Waals surface area (Å²) >= 11 is 0. The van der Waals surface area contributed by atoms with Crippen molar-refractivity contribution in [3.8, 4) is 11.3 Å². The number of hydrogen-bond donors (Lipinski definition) is 1. The third kappa shape index (κ3) is 3.29. The van der Waals surface area contributed by atoms with Crippen molar-refractivity contribution in [3.05, 3.63) is 71.7 Å². The van der Waals surface area contributed by atoms with E-state index in [0.717, 1.165) is 30.0 Å². The van der Waals surface area contributed by atoms with Crippen molar-refractivity contribution in [1.82, 2.24) is 19.7 Å². The van der Waals surface area contributed by atoms with Gasteiger partial charge in [0.2, 0.25) is 0 Å². The average molecular weight is 334 g/mol. The van der Waals surface area contributed by atoms with Crippen LogP contribution in [0.2, 0.25) is 0 Å². The second-order valence-electron chi connectivity index (χ2n) is 6.17. The van der Waals surface area contributed by atoms with Gasteiger partial charge in [-0.1, -0.05) is 30.3 Å². The lowest BCUT2D eigenvalue weighted by atomic mass is 10.1. The summed E-state index contributed by atoms with van der Waals surface area (Å²) in [4.78, 5) is 17.7. The first-order valence-electron chi connectivity index (χ1n) is 8.22. The van der Waals surface area contributed by atoms with Crippen LogP contribution in [0.4, 0.5) is 0 Å². The molecule has 0 amide bonds. The Labute approximate surface area is 145 Å². The topological polar surface area (TPSA) is 71.2 Å². The fourth-order valence-corrected chi connectivity index (χ4v) is 3.13. The van der Waals surface area contributed by atoms with Crippen LogP contribution in [0.3, 0.4) is 0 Å². The van der Waals surface area contributed by atoms with E-state index >= 15 is 0 Å². The van der Waals surface area contributed by atoms with Gasteiger partial charge in [0, 0.05) is 31.4 Å². The Hall–Kier alpha value is -2.99. The monoisotopic (exact) mass is 334 g/mol. The first kappa shape index (κ1) is 15.5. The number of fused-ring (bicyclic) bond motifs is 1. The lowest BCUT2D eigenvalue weighted by Crippen LogP contribution is -2.33. The van der Waals surface area contributed by atoms with E-state index in [-0.39, 0.29) is 5.69 Å². The average Bonchev–Trinajstić information content (AvgIpc) is 3.07. The molecule has 0 bridgehead atoms. The molecule has 0 atom stereocenters. The lowest BCUT2D eigenvalue weighted by molar-refractivity contribution is 0.0689. The second-order valence-corrected chi connectivity index (χ2v) is 6.17. The highest BCUT2D eigenvalue weighted by atomic mass is 16.4. The third-order valence-corrected chi connectivity index (χ3v) is 4.42. The number of carboxylic acid groups (broad SMARTS) is 1. The summed E-state index contributed by atoms with van der Waals surface area (Å²) in [5.74, 6) is -0.974. The van der Waals surface area contributed by atoms with Crippen LogP contribution in [0, 0.1) is 0 Å². The van der Waals surface area contributed by atoms with E-state index in [1.165, 1.54) is 5.56 Å². The molecule has 0 unspecified atom stereocenters. The molecule has 1 aliphatic heterocycles. The van der Waals surface area contributed by atoms with Crippen molar-refractivity contribution in [2.45, 2.75) is 19.6 Å². The fourth-order valence-electron chi connectivity index (χ4n) is 3.13. The minimum atomic E-state index is -0.974. The van der Waals surface area contributed by atoms with Crippen LogP contribution < -0.4 is 0 Å². The van der Waals surface area contributed by atoms with Gasteiger partial charge in [0.1, 0.15) is 0 Å². The first-order chi connectivity index (χ1) is 12.2. The van der Waals surface area contributed by atoms with Crippen molar-refractivity contribution < 1.29 is 9.90 Å². The number of nitrogens with zero attached hydrogens (tertiary/aromatic N) is 4. The molecule has 0 fully saturated rings.